The van der Waals surface area contributed by atoms with E-state index >= 15 is 0 Å². The fourth-order valence-electron chi connectivity index (χ4n) is 3.73. The Morgan fingerprint density at radius 3 is 2.59 bits per heavy atom. The Labute approximate surface area is 170 Å². The predicted molar refractivity (Wildman–Crippen MR) is 107 cm³/mol. The van der Waals surface area contributed by atoms with Crippen molar-refractivity contribution in [2.24, 2.45) is 4.99 Å². The summed E-state index contributed by atoms with van der Waals surface area (Å²) in [4.78, 5) is 9.54. The summed E-state index contributed by atoms with van der Waals surface area (Å²) in [5, 5.41) is 6.59. The number of ether oxygens (including phenoxy) is 1. The standard InChI is InChI=1S/C20H30F3N5O/c1-3-24-19(26-12-17-13-27-6-8-28(17)9-7-27)25-11-16-5-4-15(2)10-18(16)29-14-20(21,22)23/h4-5,10,17H,3,6-9,11-14H2,1-2H3,(H2,24,25,26). The maximum Gasteiger partial charge on any atom is 0.422 e. The maximum atomic E-state index is 12.5. The van der Waals surface area contributed by atoms with Gasteiger partial charge in [-0.15, -0.1) is 0 Å². The van der Waals surface area contributed by atoms with Gasteiger partial charge in [0.15, 0.2) is 12.6 Å². The summed E-state index contributed by atoms with van der Waals surface area (Å²) < 4.78 is 42.7. The van der Waals surface area contributed by atoms with Crippen LogP contribution in [-0.4, -0.2) is 80.4 Å². The Morgan fingerprint density at radius 2 is 1.97 bits per heavy atom. The Balaban J connectivity index is 1.62. The van der Waals surface area contributed by atoms with E-state index in [9.17, 15) is 13.2 Å². The number of fused-ring (bicyclic) bond motifs is 3. The molecule has 29 heavy (non-hydrogen) atoms. The third-order valence-electron chi connectivity index (χ3n) is 5.26. The zero-order valence-electron chi connectivity index (χ0n) is 17.1. The second kappa shape index (κ2) is 9.67. The van der Waals surface area contributed by atoms with E-state index in [0.29, 0.717) is 24.1 Å². The van der Waals surface area contributed by atoms with Crippen LogP contribution in [0.4, 0.5) is 13.2 Å². The molecule has 1 aromatic rings. The zero-order chi connectivity index (χ0) is 20.9. The molecule has 0 saturated carbocycles. The van der Waals surface area contributed by atoms with E-state index in [1.807, 2.05) is 19.9 Å². The molecule has 0 spiro atoms. The van der Waals surface area contributed by atoms with E-state index < -0.39 is 12.8 Å². The minimum atomic E-state index is -4.37. The predicted octanol–water partition coefficient (Wildman–Crippen LogP) is 1.99. The van der Waals surface area contributed by atoms with Crippen LogP contribution in [0.1, 0.15) is 18.1 Å². The number of hydrogen-bond acceptors (Lipinski definition) is 4. The summed E-state index contributed by atoms with van der Waals surface area (Å²) in [5.41, 5.74) is 1.47. The van der Waals surface area contributed by atoms with Crippen LogP contribution >= 0.6 is 0 Å². The topological polar surface area (TPSA) is 52.1 Å². The van der Waals surface area contributed by atoms with Crippen molar-refractivity contribution in [2.75, 3.05) is 52.4 Å². The lowest BCUT2D eigenvalue weighted by molar-refractivity contribution is -0.153. The lowest BCUT2D eigenvalue weighted by Gasteiger charge is -2.47. The van der Waals surface area contributed by atoms with Gasteiger partial charge in [0.1, 0.15) is 5.75 Å². The Morgan fingerprint density at radius 1 is 1.21 bits per heavy atom. The van der Waals surface area contributed by atoms with Crippen LogP contribution in [0.2, 0.25) is 0 Å². The van der Waals surface area contributed by atoms with Gasteiger partial charge in [-0.25, -0.2) is 4.99 Å². The van der Waals surface area contributed by atoms with E-state index in [1.54, 1.807) is 12.1 Å². The van der Waals surface area contributed by atoms with E-state index in [-0.39, 0.29) is 12.3 Å². The number of aryl methyl sites for hydroxylation is 1. The van der Waals surface area contributed by atoms with E-state index in [4.69, 9.17) is 4.74 Å². The van der Waals surface area contributed by atoms with Gasteiger partial charge in [0.2, 0.25) is 0 Å². The maximum absolute atomic E-state index is 12.5. The molecule has 6 nitrogen and oxygen atoms in total. The van der Waals surface area contributed by atoms with Gasteiger partial charge >= 0.3 is 6.18 Å². The average Bonchev–Trinajstić information content (AvgIpc) is 2.70. The van der Waals surface area contributed by atoms with Crippen molar-refractivity contribution < 1.29 is 17.9 Å². The summed E-state index contributed by atoms with van der Waals surface area (Å²) >= 11 is 0. The van der Waals surface area contributed by atoms with Gasteiger partial charge in [0, 0.05) is 57.4 Å². The number of hydrogen-bond donors (Lipinski definition) is 2. The van der Waals surface area contributed by atoms with Gasteiger partial charge in [-0.2, -0.15) is 13.2 Å². The summed E-state index contributed by atoms with van der Waals surface area (Å²) in [6.45, 7) is 9.76. The molecule has 4 rings (SSSR count). The first kappa shape index (κ1) is 21.7. The van der Waals surface area contributed by atoms with Crippen LogP contribution in [0.3, 0.4) is 0 Å². The highest BCUT2D eigenvalue weighted by molar-refractivity contribution is 5.79. The summed E-state index contributed by atoms with van der Waals surface area (Å²) in [7, 11) is 0. The summed E-state index contributed by atoms with van der Waals surface area (Å²) in [6.07, 6.45) is -4.37. The average molecular weight is 413 g/mol. The van der Waals surface area contributed by atoms with Crippen molar-refractivity contribution in [3.63, 3.8) is 0 Å². The highest BCUT2D eigenvalue weighted by Crippen LogP contribution is 2.24. The molecule has 1 aromatic carbocycles. The number of aliphatic imine (C=N–C) groups is 1. The van der Waals surface area contributed by atoms with E-state index in [0.717, 1.165) is 44.8 Å². The number of alkyl halides is 3. The normalized spacial score (nSPS) is 24.4. The Hall–Kier alpha value is -2.00. The molecule has 1 atom stereocenters. The van der Waals surface area contributed by atoms with Crippen molar-refractivity contribution in [3.05, 3.63) is 29.3 Å². The molecule has 162 valence electrons. The Kier molecular flexibility index (Phi) is 7.23. The quantitative estimate of drug-likeness (QED) is 0.529. The van der Waals surface area contributed by atoms with E-state index in [2.05, 4.69) is 25.4 Å². The minimum absolute atomic E-state index is 0.227. The number of halogens is 3. The first-order valence-electron chi connectivity index (χ1n) is 10.1. The number of guanidine groups is 1. The number of piperazine rings is 3. The van der Waals surface area contributed by atoms with Crippen molar-refractivity contribution in [2.45, 2.75) is 32.6 Å². The second-order valence-electron chi connectivity index (χ2n) is 7.58. The van der Waals surface area contributed by atoms with Crippen LogP contribution in [-0.2, 0) is 6.54 Å². The number of nitrogens with one attached hydrogen (secondary N) is 2. The molecular formula is C20H30F3N5O. The molecule has 3 aliphatic rings. The van der Waals surface area contributed by atoms with E-state index in [1.165, 1.54) is 0 Å². The molecule has 3 fully saturated rings. The van der Waals surface area contributed by atoms with Gasteiger partial charge in [0.25, 0.3) is 0 Å². The third kappa shape index (κ3) is 6.50. The highest BCUT2D eigenvalue weighted by Gasteiger charge is 2.31. The molecular weight excluding hydrogens is 383 g/mol. The molecule has 0 radical (unpaired) electrons. The first-order valence-corrected chi connectivity index (χ1v) is 10.1. The molecule has 0 amide bonds. The molecule has 0 aromatic heterocycles. The monoisotopic (exact) mass is 413 g/mol. The molecule has 3 aliphatic heterocycles. The van der Waals surface area contributed by atoms with Gasteiger partial charge in [-0.05, 0) is 25.5 Å². The highest BCUT2D eigenvalue weighted by atomic mass is 19.4. The van der Waals surface area contributed by atoms with Crippen LogP contribution in [0.5, 0.6) is 5.75 Å². The van der Waals surface area contributed by atoms with Crippen molar-refractivity contribution in [1.82, 2.24) is 20.4 Å². The molecule has 3 heterocycles. The van der Waals surface area contributed by atoms with Gasteiger partial charge < -0.3 is 15.4 Å². The number of nitrogens with zero attached hydrogens (tertiary/aromatic N) is 3. The number of rotatable bonds is 7. The smallest absolute Gasteiger partial charge is 0.422 e. The summed E-state index contributed by atoms with van der Waals surface area (Å²) in [5.74, 6) is 0.887. The van der Waals surface area contributed by atoms with Crippen LogP contribution in [0, 0.1) is 6.92 Å². The van der Waals surface area contributed by atoms with Crippen molar-refractivity contribution in [1.29, 1.82) is 0 Å². The third-order valence-corrected chi connectivity index (χ3v) is 5.26. The molecule has 3 saturated heterocycles. The summed E-state index contributed by atoms with van der Waals surface area (Å²) in [6, 6.07) is 5.70. The molecule has 0 aliphatic carbocycles. The second-order valence-corrected chi connectivity index (χ2v) is 7.58. The molecule has 1 unspecified atom stereocenters. The van der Waals surface area contributed by atoms with Crippen molar-refractivity contribution in [3.8, 4) is 5.75 Å². The SMILES string of the molecule is CCNC(=NCc1ccc(C)cc1OCC(F)(F)F)NCC1CN2CCN1CC2. The largest absolute Gasteiger partial charge is 0.484 e. The van der Waals surface area contributed by atoms with Gasteiger partial charge in [-0.1, -0.05) is 12.1 Å². The van der Waals surface area contributed by atoms with Crippen molar-refractivity contribution >= 4 is 5.96 Å². The molecule has 2 N–H and O–H groups in total. The van der Waals surface area contributed by atoms with Crippen LogP contribution in [0.25, 0.3) is 0 Å². The zero-order valence-corrected chi connectivity index (χ0v) is 17.1. The van der Waals surface area contributed by atoms with Gasteiger partial charge in [0.05, 0.1) is 6.54 Å². The molecule has 2 bridgehead atoms. The van der Waals surface area contributed by atoms with Gasteiger partial charge in [-0.3, -0.25) is 9.80 Å². The minimum Gasteiger partial charge on any atom is -0.484 e. The van der Waals surface area contributed by atoms with Crippen LogP contribution in [0.15, 0.2) is 23.2 Å². The first-order chi connectivity index (χ1) is 13.8. The molecule has 9 heteroatoms. The van der Waals surface area contributed by atoms with Crippen LogP contribution < -0.4 is 15.4 Å². The lowest BCUT2D eigenvalue weighted by atomic mass is 10.1. The lowest BCUT2D eigenvalue weighted by Crippen LogP contribution is -2.63. The fraction of sp³-hybridized carbons (Fsp3) is 0.650. The fourth-order valence-corrected chi connectivity index (χ4v) is 3.73. The Bertz CT molecular complexity index is 702. The number of benzene rings is 1.